The molecule has 2 saturated carbocycles. The van der Waals surface area contributed by atoms with Gasteiger partial charge in [0.1, 0.15) is 0 Å². The van der Waals surface area contributed by atoms with Gasteiger partial charge in [-0.2, -0.15) is 0 Å². The van der Waals surface area contributed by atoms with Gasteiger partial charge in [0.15, 0.2) is 0 Å². The predicted molar refractivity (Wildman–Crippen MR) is 80.4 cm³/mol. The molecule has 4 rings (SSSR count). The Bertz CT molecular complexity index is 447. The van der Waals surface area contributed by atoms with E-state index in [1.165, 1.54) is 44.3 Å². The summed E-state index contributed by atoms with van der Waals surface area (Å²) in [4.78, 5) is 7.03. The third-order valence-corrected chi connectivity index (χ3v) is 5.78. The molecule has 1 aromatic rings. The summed E-state index contributed by atoms with van der Waals surface area (Å²) in [5.41, 5.74) is 1.38. The normalized spacial score (nSPS) is 37.4. The van der Waals surface area contributed by atoms with Gasteiger partial charge in [0.25, 0.3) is 0 Å². The van der Waals surface area contributed by atoms with Gasteiger partial charge < -0.3 is 5.32 Å². The monoisotopic (exact) mass is 271 g/mol. The number of nitrogens with one attached hydrogen (secondary N) is 1. The van der Waals surface area contributed by atoms with Gasteiger partial charge in [-0.15, -0.1) is 0 Å². The Morgan fingerprint density at radius 3 is 3.05 bits per heavy atom. The lowest BCUT2D eigenvalue weighted by molar-refractivity contribution is 0.117. The summed E-state index contributed by atoms with van der Waals surface area (Å²) >= 11 is 0. The largest absolute Gasteiger partial charge is 0.314 e. The number of pyridine rings is 1. The van der Waals surface area contributed by atoms with Gasteiger partial charge in [-0.25, -0.2) is 0 Å². The molecular formula is C17H25N3. The highest BCUT2D eigenvalue weighted by Crippen LogP contribution is 2.48. The van der Waals surface area contributed by atoms with Crippen LogP contribution in [0.3, 0.4) is 0 Å². The van der Waals surface area contributed by atoms with Crippen molar-refractivity contribution in [1.29, 1.82) is 0 Å². The molecule has 3 fully saturated rings. The van der Waals surface area contributed by atoms with E-state index in [0.29, 0.717) is 6.04 Å². The first-order valence-corrected chi connectivity index (χ1v) is 8.25. The maximum Gasteiger partial charge on any atom is 0.0488 e. The van der Waals surface area contributed by atoms with Crippen LogP contribution in [0.25, 0.3) is 0 Å². The summed E-state index contributed by atoms with van der Waals surface area (Å²) in [5, 5.41) is 3.55. The van der Waals surface area contributed by atoms with Crippen LogP contribution in [-0.4, -0.2) is 36.1 Å². The van der Waals surface area contributed by atoms with Crippen molar-refractivity contribution in [1.82, 2.24) is 15.2 Å². The minimum absolute atomic E-state index is 0.525. The van der Waals surface area contributed by atoms with E-state index in [2.05, 4.69) is 27.3 Å². The molecule has 1 aliphatic heterocycles. The summed E-state index contributed by atoms with van der Waals surface area (Å²) in [6.07, 6.45) is 9.95. The standard InChI is InChI=1S/C17H25N3/c1-2-15(10-18-5-1)17-11-19-6-7-20(17)12-16-9-13-3-4-14(16)8-13/h1-2,5,10,13-14,16-17,19H,3-4,6-9,11-12H2. The molecule has 2 heterocycles. The van der Waals surface area contributed by atoms with Crippen LogP contribution in [-0.2, 0) is 0 Å². The fourth-order valence-corrected chi connectivity index (χ4v) is 4.77. The van der Waals surface area contributed by atoms with Gasteiger partial charge >= 0.3 is 0 Å². The number of hydrogen-bond donors (Lipinski definition) is 1. The molecule has 1 aromatic heterocycles. The Morgan fingerprint density at radius 1 is 1.30 bits per heavy atom. The van der Waals surface area contributed by atoms with Crippen molar-refractivity contribution in [2.75, 3.05) is 26.2 Å². The average Bonchev–Trinajstić information content (AvgIpc) is 3.11. The SMILES string of the molecule is c1cncc(C2CNCCN2CC2CC3CCC2C3)c1. The Labute approximate surface area is 121 Å². The van der Waals surface area contributed by atoms with Crippen molar-refractivity contribution in [2.45, 2.75) is 31.7 Å². The predicted octanol–water partition coefficient (Wildman–Crippen LogP) is 2.46. The smallest absolute Gasteiger partial charge is 0.0488 e. The topological polar surface area (TPSA) is 28.2 Å². The molecule has 4 atom stereocenters. The average molecular weight is 271 g/mol. The summed E-state index contributed by atoms with van der Waals surface area (Å²) in [5.74, 6) is 3.06. The maximum atomic E-state index is 4.31. The fraction of sp³-hybridized carbons (Fsp3) is 0.706. The number of nitrogens with zero attached hydrogens (tertiary/aromatic N) is 2. The highest BCUT2D eigenvalue weighted by atomic mass is 15.2. The second-order valence-electron chi connectivity index (χ2n) is 6.94. The molecule has 4 unspecified atom stereocenters. The molecule has 1 saturated heterocycles. The third-order valence-electron chi connectivity index (χ3n) is 5.78. The summed E-state index contributed by atoms with van der Waals surface area (Å²) in [6.45, 7) is 4.71. The first kappa shape index (κ1) is 12.8. The molecule has 3 heteroatoms. The second-order valence-corrected chi connectivity index (χ2v) is 6.94. The summed E-state index contributed by atoms with van der Waals surface area (Å²) in [7, 11) is 0. The van der Waals surface area contributed by atoms with E-state index >= 15 is 0 Å². The highest BCUT2D eigenvalue weighted by Gasteiger charge is 2.40. The first-order chi connectivity index (χ1) is 9.90. The molecule has 108 valence electrons. The van der Waals surface area contributed by atoms with Crippen LogP contribution in [0.2, 0.25) is 0 Å². The van der Waals surface area contributed by atoms with E-state index in [-0.39, 0.29) is 0 Å². The van der Waals surface area contributed by atoms with Crippen molar-refractivity contribution >= 4 is 0 Å². The van der Waals surface area contributed by atoms with Crippen LogP contribution in [0.15, 0.2) is 24.5 Å². The molecule has 2 aliphatic carbocycles. The zero-order chi connectivity index (χ0) is 13.4. The quantitative estimate of drug-likeness (QED) is 0.915. The van der Waals surface area contributed by atoms with E-state index in [1.807, 2.05) is 12.4 Å². The molecule has 2 bridgehead atoms. The molecule has 20 heavy (non-hydrogen) atoms. The lowest BCUT2D eigenvalue weighted by atomic mass is 9.87. The number of hydrogen-bond acceptors (Lipinski definition) is 3. The van der Waals surface area contributed by atoms with Gasteiger partial charge in [-0.3, -0.25) is 9.88 Å². The zero-order valence-electron chi connectivity index (χ0n) is 12.2. The molecule has 0 spiro atoms. The molecule has 0 amide bonds. The minimum atomic E-state index is 0.525. The van der Waals surface area contributed by atoms with Gasteiger partial charge in [0.2, 0.25) is 0 Å². The maximum absolute atomic E-state index is 4.31. The summed E-state index contributed by atoms with van der Waals surface area (Å²) < 4.78 is 0. The lowest BCUT2D eigenvalue weighted by Crippen LogP contribution is -2.48. The van der Waals surface area contributed by atoms with Crippen LogP contribution in [0.4, 0.5) is 0 Å². The Hall–Kier alpha value is -0.930. The van der Waals surface area contributed by atoms with E-state index in [0.717, 1.165) is 30.8 Å². The third kappa shape index (κ3) is 2.38. The van der Waals surface area contributed by atoms with E-state index in [4.69, 9.17) is 0 Å². The lowest BCUT2D eigenvalue weighted by Gasteiger charge is -2.39. The Kier molecular flexibility index (Phi) is 3.49. The Balaban J connectivity index is 1.47. The van der Waals surface area contributed by atoms with E-state index in [1.54, 1.807) is 0 Å². The van der Waals surface area contributed by atoms with Crippen molar-refractivity contribution < 1.29 is 0 Å². The van der Waals surface area contributed by atoms with Crippen LogP contribution in [0.1, 0.15) is 37.3 Å². The molecular weight excluding hydrogens is 246 g/mol. The van der Waals surface area contributed by atoms with Crippen LogP contribution in [0.5, 0.6) is 0 Å². The van der Waals surface area contributed by atoms with Crippen molar-refractivity contribution in [3.8, 4) is 0 Å². The molecule has 3 aliphatic rings. The summed E-state index contributed by atoms with van der Waals surface area (Å²) in [6, 6.07) is 4.83. The first-order valence-electron chi connectivity index (χ1n) is 8.25. The molecule has 3 nitrogen and oxygen atoms in total. The number of piperazine rings is 1. The molecule has 0 radical (unpaired) electrons. The van der Waals surface area contributed by atoms with Gasteiger partial charge in [0, 0.05) is 44.6 Å². The van der Waals surface area contributed by atoms with Gasteiger partial charge in [0.05, 0.1) is 0 Å². The molecule has 1 N–H and O–H groups in total. The van der Waals surface area contributed by atoms with Crippen molar-refractivity contribution in [3.63, 3.8) is 0 Å². The van der Waals surface area contributed by atoms with Crippen molar-refractivity contribution in [2.24, 2.45) is 17.8 Å². The molecule has 0 aromatic carbocycles. The fourth-order valence-electron chi connectivity index (χ4n) is 4.77. The highest BCUT2D eigenvalue weighted by molar-refractivity contribution is 5.15. The van der Waals surface area contributed by atoms with Crippen molar-refractivity contribution in [3.05, 3.63) is 30.1 Å². The van der Waals surface area contributed by atoms with Crippen LogP contribution < -0.4 is 5.32 Å². The van der Waals surface area contributed by atoms with Crippen LogP contribution >= 0.6 is 0 Å². The number of aromatic nitrogens is 1. The Morgan fingerprint density at radius 2 is 2.30 bits per heavy atom. The number of rotatable bonds is 3. The van der Waals surface area contributed by atoms with E-state index in [9.17, 15) is 0 Å². The van der Waals surface area contributed by atoms with Crippen LogP contribution in [0, 0.1) is 17.8 Å². The number of fused-ring (bicyclic) bond motifs is 2. The van der Waals surface area contributed by atoms with E-state index < -0.39 is 0 Å². The minimum Gasteiger partial charge on any atom is -0.314 e. The van der Waals surface area contributed by atoms with Gasteiger partial charge in [-0.05, 0) is 48.6 Å². The zero-order valence-corrected chi connectivity index (χ0v) is 12.2. The second kappa shape index (κ2) is 5.45. The van der Waals surface area contributed by atoms with Gasteiger partial charge in [-0.1, -0.05) is 12.5 Å².